The summed E-state index contributed by atoms with van der Waals surface area (Å²) in [6.45, 7) is 4.66. The van der Waals surface area contributed by atoms with Crippen LogP contribution in [0.2, 0.25) is 0 Å². The van der Waals surface area contributed by atoms with Crippen molar-refractivity contribution in [3.05, 3.63) is 47.2 Å². The smallest absolute Gasteiger partial charge is 0.250 e. The van der Waals surface area contributed by atoms with Gasteiger partial charge in [0.05, 0.1) is 18.4 Å². The standard InChI is InChI=1S/C20H28N2O2/c23-20(19-10-7-13-24-16-19)21-14-17-8-3-4-9-18(17)15-22-11-5-1-2-6-12-22/h3-4,8-9,16H,1-2,5-7,10-15H2,(H,21,23). The van der Waals surface area contributed by atoms with Crippen LogP contribution in [0.25, 0.3) is 0 Å². The van der Waals surface area contributed by atoms with E-state index in [1.54, 1.807) is 6.26 Å². The molecule has 4 nitrogen and oxygen atoms in total. The maximum Gasteiger partial charge on any atom is 0.250 e. The summed E-state index contributed by atoms with van der Waals surface area (Å²) in [5.74, 6) is -0.000671. The summed E-state index contributed by atoms with van der Waals surface area (Å²) in [5, 5.41) is 3.05. The highest BCUT2D eigenvalue weighted by atomic mass is 16.5. The third-order valence-electron chi connectivity index (χ3n) is 4.88. The van der Waals surface area contributed by atoms with Crippen molar-refractivity contribution < 1.29 is 9.53 Å². The van der Waals surface area contributed by atoms with Gasteiger partial charge in [-0.1, -0.05) is 37.1 Å². The number of carbonyl (C=O) groups excluding carboxylic acids is 1. The highest BCUT2D eigenvalue weighted by molar-refractivity contribution is 5.93. The fourth-order valence-electron chi connectivity index (χ4n) is 3.44. The van der Waals surface area contributed by atoms with E-state index in [0.717, 1.165) is 31.6 Å². The maximum atomic E-state index is 12.2. The van der Waals surface area contributed by atoms with Crippen molar-refractivity contribution in [3.8, 4) is 0 Å². The number of nitrogens with zero attached hydrogens (tertiary/aromatic N) is 1. The van der Waals surface area contributed by atoms with Crippen molar-refractivity contribution in [2.24, 2.45) is 0 Å². The van der Waals surface area contributed by atoms with E-state index in [0.29, 0.717) is 6.54 Å². The van der Waals surface area contributed by atoms with E-state index in [1.807, 2.05) is 0 Å². The van der Waals surface area contributed by atoms with E-state index in [2.05, 4.69) is 34.5 Å². The monoisotopic (exact) mass is 328 g/mol. The molecule has 24 heavy (non-hydrogen) atoms. The second kappa shape index (κ2) is 8.88. The molecule has 2 aliphatic heterocycles. The molecule has 0 atom stereocenters. The molecule has 130 valence electrons. The first-order valence-corrected chi connectivity index (χ1v) is 9.21. The molecule has 0 unspecified atom stereocenters. The number of amides is 1. The summed E-state index contributed by atoms with van der Waals surface area (Å²) in [7, 11) is 0. The van der Waals surface area contributed by atoms with Crippen LogP contribution in [0.1, 0.15) is 49.7 Å². The molecule has 1 N–H and O–H groups in total. The van der Waals surface area contributed by atoms with Crippen LogP contribution >= 0.6 is 0 Å². The Balaban J connectivity index is 1.59. The van der Waals surface area contributed by atoms with Crippen molar-refractivity contribution in [2.75, 3.05) is 19.7 Å². The molecule has 0 spiro atoms. The molecule has 0 radical (unpaired) electrons. The molecule has 0 saturated carbocycles. The van der Waals surface area contributed by atoms with Crippen LogP contribution in [0.5, 0.6) is 0 Å². The van der Waals surface area contributed by atoms with Gasteiger partial charge >= 0.3 is 0 Å². The Morgan fingerprint density at radius 3 is 2.50 bits per heavy atom. The largest absolute Gasteiger partial charge is 0.501 e. The average Bonchev–Trinajstić information content (AvgIpc) is 2.90. The van der Waals surface area contributed by atoms with Gasteiger partial charge in [0.15, 0.2) is 0 Å². The third kappa shape index (κ3) is 4.84. The summed E-state index contributed by atoms with van der Waals surface area (Å²) in [6, 6.07) is 8.46. The van der Waals surface area contributed by atoms with Gasteiger partial charge in [0.25, 0.3) is 5.91 Å². The van der Waals surface area contributed by atoms with Crippen LogP contribution in [-0.4, -0.2) is 30.5 Å². The fraction of sp³-hybridized carbons (Fsp3) is 0.550. The van der Waals surface area contributed by atoms with Gasteiger partial charge in [-0.15, -0.1) is 0 Å². The third-order valence-corrected chi connectivity index (χ3v) is 4.88. The Kier molecular flexibility index (Phi) is 6.30. The molecule has 0 bridgehead atoms. The summed E-state index contributed by atoms with van der Waals surface area (Å²) in [4.78, 5) is 14.8. The second-order valence-corrected chi connectivity index (χ2v) is 6.76. The molecule has 0 aliphatic carbocycles. The minimum Gasteiger partial charge on any atom is -0.501 e. The minimum atomic E-state index is -0.000671. The average molecular weight is 328 g/mol. The predicted molar refractivity (Wildman–Crippen MR) is 95.3 cm³/mol. The van der Waals surface area contributed by atoms with Crippen LogP contribution in [0, 0.1) is 0 Å². The van der Waals surface area contributed by atoms with Crippen molar-refractivity contribution >= 4 is 5.91 Å². The number of benzene rings is 1. The van der Waals surface area contributed by atoms with Gasteiger partial charge in [-0.05, 0) is 49.9 Å². The van der Waals surface area contributed by atoms with E-state index >= 15 is 0 Å². The van der Waals surface area contributed by atoms with Gasteiger partial charge in [-0.3, -0.25) is 9.69 Å². The lowest BCUT2D eigenvalue weighted by Gasteiger charge is -2.22. The molecule has 2 aliphatic rings. The lowest BCUT2D eigenvalue weighted by Crippen LogP contribution is -2.28. The summed E-state index contributed by atoms with van der Waals surface area (Å²) < 4.78 is 5.26. The predicted octanol–water partition coefficient (Wildman–Crippen LogP) is 3.37. The van der Waals surface area contributed by atoms with Crippen molar-refractivity contribution in [3.63, 3.8) is 0 Å². The molecule has 1 saturated heterocycles. The fourth-order valence-corrected chi connectivity index (χ4v) is 3.44. The Bertz CT molecular complexity index is 575. The van der Waals surface area contributed by atoms with Crippen LogP contribution in [0.4, 0.5) is 0 Å². The molecule has 4 heteroatoms. The van der Waals surface area contributed by atoms with Crippen LogP contribution in [0.15, 0.2) is 36.1 Å². The van der Waals surface area contributed by atoms with E-state index < -0.39 is 0 Å². The lowest BCUT2D eigenvalue weighted by atomic mass is 10.1. The molecular formula is C20H28N2O2. The molecule has 1 aromatic carbocycles. The highest BCUT2D eigenvalue weighted by Crippen LogP contribution is 2.17. The topological polar surface area (TPSA) is 41.6 Å². The van der Waals surface area contributed by atoms with Crippen LogP contribution in [0.3, 0.4) is 0 Å². The van der Waals surface area contributed by atoms with Crippen molar-refractivity contribution in [2.45, 2.75) is 51.6 Å². The summed E-state index contributed by atoms with van der Waals surface area (Å²) in [6.07, 6.45) is 8.64. The number of rotatable bonds is 5. The van der Waals surface area contributed by atoms with E-state index in [4.69, 9.17) is 4.74 Å². The summed E-state index contributed by atoms with van der Waals surface area (Å²) >= 11 is 0. The van der Waals surface area contributed by atoms with Gasteiger partial charge in [0.2, 0.25) is 0 Å². The highest BCUT2D eigenvalue weighted by Gasteiger charge is 2.15. The van der Waals surface area contributed by atoms with Gasteiger partial charge in [0.1, 0.15) is 0 Å². The first kappa shape index (κ1) is 17.0. The molecule has 0 aromatic heterocycles. The van der Waals surface area contributed by atoms with Crippen molar-refractivity contribution in [1.29, 1.82) is 0 Å². The van der Waals surface area contributed by atoms with E-state index in [1.165, 1.54) is 49.9 Å². The zero-order chi connectivity index (χ0) is 16.6. The Morgan fingerprint density at radius 2 is 1.79 bits per heavy atom. The van der Waals surface area contributed by atoms with Gasteiger partial charge in [0, 0.05) is 13.1 Å². The second-order valence-electron chi connectivity index (χ2n) is 6.76. The quantitative estimate of drug-likeness (QED) is 0.901. The lowest BCUT2D eigenvalue weighted by molar-refractivity contribution is -0.118. The number of hydrogen-bond acceptors (Lipinski definition) is 3. The normalized spacial score (nSPS) is 19.1. The Morgan fingerprint density at radius 1 is 1.04 bits per heavy atom. The number of ether oxygens (including phenoxy) is 1. The Labute approximate surface area is 144 Å². The van der Waals surface area contributed by atoms with Gasteiger partial charge in [-0.2, -0.15) is 0 Å². The van der Waals surface area contributed by atoms with Crippen molar-refractivity contribution in [1.82, 2.24) is 10.2 Å². The summed E-state index contributed by atoms with van der Waals surface area (Å²) in [5.41, 5.74) is 3.30. The zero-order valence-electron chi connectivity index (χ0n) is 14.4. The van der Waals surface area contributed by atoms with Crippen LogP contribution in [-0.2, 0) is 22.6 Å². The number of hydrogen-bond donors (Lipinski definition) is 1. The maximum absolute atomic E-state index is 12.2. The molecule has 2 heterocycles. The zero-order valence-corrected chi connectivity index (χ0v) is 14.4. The molecule has 1 aromatic rings. The number of nitrogens with one attached hydrogen (secondary N) is 1. The first-order valence-electron chi connectivity index (χ1n) is 9.21. The molecule has 1 amide bonds. The first-order chi connectivity index (χ1) is 11.8. The minimum absolute atomic E-state index is 0.000671. The van der Waals surface area contributed by atoms with Crippen LogP contribution < -0.4 is 5.32 Å². The number of carbonyl (C=O) groups is 1. The Hall–Kier alpha value is -1.81. The van der Waals surface area contributed by atoms with Gasteiger partial charge in [-0.25, -0.2) is 0 Å². The number of likely N-dealkylation sites (tertiary alicyclic amines) is 1. The van der Waals surface area contributed by atoms with E-state index in [9.17, 15) is 4.79 Å². The van der Waals surface area contributed by atoms with Gasteiger partial charge < -0.3 is 10.1 Å². The SMILES string of the molecule is O=C(NCc1ccccc1CN1CCCCCC1)C1=COCCC1. The molecular weight excluding hydrogens is 300 g/mol. The molecule has 3 rings (SSSR count). The molecule has 1 fully saturated rings. The van der Waals surface area contributed by atoms with E-state index in [-0.39, 0.29) is 5.91 Å².